The van der Waals surface area contributed by atoms with Gasteiger partial charge in [-0.2, -0.15) is 0 Å². The number of carbonyl (C=O) groups excluding carboxylic acids is 1. The number of rotatable bonds is 6. The van der Waals surface area contributed by atoms with Gasteiger partial charge in [-0.25, -0.2) is 4.98 Å². The van der Waals surface area contributed by atoms with Crippen molar-refractivity contribution in [2.75, 3.05) is 20.2 Å². The molecule has 1 amide bonds. The summed E-state index contributed by atoms with van der Waals surface area (Å²) in [6, 6.07) is 15.5. The Balaban J connectivity index is 1.28. The van der Waals surface area contributed by atoms with Gasteiger partial charge in [0.25, 0.3) is 0 Å². The number of fused-ring (bicyclic) bond motifs is 1. The number of piperidine rings is 1. The van der Waals surface area contributed by atoms with E-state index in [1.54, 1.807) is 7.11 Å². The predicted molar refractivity (Wildman–Crippen MR) is 112 cm³/mol. The summed E-state index contributed by atoms with van der Waals surface area (Å²) in [5.74, 6) is 2.01. The van der Waals surface area contributed by atoms with Gasteiger partial charge >= 0.3 is 0 Å². The molecule has 1 aliphatic heterocycles. The van der Waals surface area contributed by atoms with Crippen LogP contribution in [-0.4, -0.2) is 42.0 Å². The molecule has 1 N–H and O–H groups in total. The van der Waals surface area contributed by atoms with Crippen LogP contribution in [0.25, 0.3) is 11.1 Å². The average molecular weight is 393 g/mol. The highest BCUT2D eigenvalue weighted by molar-refractivity contribution is 5.81. The van der Waals surface area contributed by atoms with Crippen molar-refractivity contribution in [1.82, 2.24) is 15.2 Å². The second-order valence-corrected chi connectivity index (χ2v) is 7.57. The number of para-hydroxylation sites is 2. The van der Waals surface area contributed by atoms with Gasteiger partial charge in [0.15, 0.2) is 11.5 Å². The highest BCUT2D eigenvalue weighted by Crippen LogP contribution is 2.30. The molecule has 4 rings (SSSR count). The number of aromatic nitrogens is 1. The van der Waals surface area contributed by atoms with Crippen molar-refractivity contribution in [1.29, 1.82) is 0 Å². The fourth-order valence-electron chi connectivity index (χ4n) is 3.84. The zero-order chi connectivity index (χ0) is 20.2. The number of carbonyl (C=O) groups is 1. The van der Waals surface area contributed by atoms with E-state index in [4.69, 9.17) is 9.15 Å². The van der Waals surface area contributed by atoms with Gasteiger partial charge < -0.3 is 14.5 Å². The maximum absolute atomic E-state index is 12.6. The molecule has 29 heavy (non-hydrogen) atoms. The van der Waals surface area contributed by atoms with E-state index >= 15 is 0 Å². The Morgan fingerprint density at radius 3 is 2.62 bits per heavy atom. The Morgan fingerprint density at radius 2 is 1.93 bits per heavy atom. The fourth-order valence-corrected chi connectivity index (χ4v) is 3.84. The second-order valence-electron chi connectivity index (χ2n) is 7.57. The summed E-state index contributed by atoms with van der Waals surface area (Å²) in [5, 5.41) is 3.04. The summed E-state index contributed by atoms with van der Waals surface area (Å²) >= 11 is 0. The SMILES string of the molecule is COc1ccc(CNC(=O)[C@@H](C)N2CCC(c3nc4ccccc4o3)CC2)cc1. The van der Waals surface area contributed by atoms with Crippen molar-refractivity contribution in [3.63, 3.8) is 0 Å². The Kier molecular flexibility index (Phi) is 5.81. The first kappa shape index (κ1) is 19.5. The summed E-state index contributed by atoms with van der Waals surface area (Å²) in [6.07, 6.45) is 1.89. The maximum atomic E-state index is 12.6. The zero-order valence-corrected chi connectivity index (χ0v) is 16.9. The van der Waals surface area contributed by atoms with Gasteiger partial charge in [0.2, 0.25) is 5.91 Å². The van der Waals surface area contributed by atoms with Crippen LogP contribution in [0.2, 0.25) is 0 Å². The maximum Gasteiger partial charge on any atom is 0.237 e. The van der Waals surface area contributed by atoms with E-state index in [1.165, 1.54) is 0 Å². The van der Waals surface area contributed by atoms with Crippen LogP contribution in [0.3, 0.4) is 0 Å². The Bertz CT molecular complexity index is 926. The molecule has 6 nitrogen and oxygen atoms in total. The molecule has 2 aromatic carbocycles. The molecular formula is C23H27N3O3. The van der Waals surface area contributed by atoms with Crippen molar-refractivity contribution in [3.05, 3.63) is 60.0 Å². The van der Waals surface area contributed by atoms with Crippen LogP contribution in [0.1, 0.15) is 37.1 Å². The van der Waals surface area contributed by atoms with E-state index in [1.807, 2.05) is 55.5 Å². The van der Waals surface area contributed by atoms with Crippen molar-refractivity contribution < 1.29 is 13.9 Å². The number of nitrogens with one attached hydrogen (secondary N) is 1. The first-order valence-corrected chi connectivity index (χ1v) is 10.1. The first-order chi connectivity index (χ1) is 14.1. The molecule has 0 unspecified atom stereocenters. The van der Waals surface area contributed by atoms with Gasteiger partial charge in [0.05, 0.1) is 13.2 Å². The molecule has 1 aliphatic rings. The number of oxazole rings is 1. The van der Waals surface area contributed by atoms with Crippen LogP contribution in [0.15, 0.2) is 52.9 Å². The lowest BCUT2D eigenvalue weighted by Crippen LogP contribution is -2.47. The number of ether oxygens (including phenoxy) is 1. The third kappa shape index (κ3) is 4.43. The third-order valence-electron chi connectivity index (χ3n) is 5.74. The lowest BCUT2D eigenvalue weighted by Gasteiger charge is -2.34. The average Bonchev–Trinajstić information content (AvgIpc) is 3.22. The summed E-state index contributed by atoms with van der Waals surface area (Å²) in [6.45, 7) is 4.22. The lowest BCUT2D eigenvalue weighted by molar-refractivity contribution is -0.126. The molecular weight excluding hydrogens is 366 g/mol. The van der Waals surface area contributed by atoms with E-state index in [2.05, 4.69) is 15.2 Å². The van der Waals surface area contributed by atoms with Gasteiger partial charge in [-0.15, -0.1) is 0 Å². The van der Waals surface area contributed by atoms with Crippen LogP contribution in [0.5, 0.6) is 5.75 Å². The minimum Gasteiger partial charge on any atom is -0.497 e. The molecule has 3 aromatic rings. The molecule has 0 spiro atoms. The number of benzene rings is 2. The first-order valence-electron chi connectivity index (χ1n) is 10.1. The predicted octanol–water partition coefficient (Wildman–Crippen LogP) is 3.72. The highest BCUT2D eigenvalue weighted by atomic mass is 16.5. The summed E-state index contributed by atoms with van der Waals surface area (Å²) in [7, 11) is 1.64. The van der Waals surface area contributed by atoms with Crippen molar-refractivity contribution >= 4 is 17.0 Å². The molecule has 1 aromatic heterocycles. The van der Waals surface area contributed by atoms with Crippen molar-refractivity contribution in [2.45, 2.75) is 38.3 Å². The summed E-state index contributed by atoms with van der Waals surface area (Å²) in [4.78, 5) is 19.5. The van der Waals surface area contributed by atoms with Crippen LogP contribution < -0.4 is 10.1 Å². The fraction of sp³-hybridized carbons (Fsp3) is 0.391. The van der Waals surface area contributed by atoms with Crippen LogP contribution in [0, 0.1) is 0 Å². The molecule has 1 saturated heterocycles. The van der Waals surface area contributed by atoms with Crippen molar-refractivity contribution in [3.8, 4) is 5.75 Å². The topological polar surface area (TPSA) is 67.6 Å². The molecule has 0 radical (unpaired) electrons. The minimum absolute atomic E-state index is 0.0566. The Morgan fingerprint density at radius 1 is 1.21 bits per heavy atom. The van der Waals surface area contributed by atoms with Gasteiger partial charge in [0, 0.05) is 12.5 Å². The molecule has 0 saturated carbocycles. The Labute approximate surface area is 170 Å². The van der Waals surface area contributed by atoms with Gasteiger partial charge in [-0.3, -0.25) is 9.69 Å². The third-order valence-corrected chi connectivity index (χ3v) is 5.74. The smallest absolute Gasteiger partial charge is 0.237 e. The molecule has 1 fully saturated rings. The normalized spacial score (nSPS) is 16.6. The zero-order valence-electron chi connectivity index (χ0n) is 16.9. The summed E-state index contributed by atoms with van der Waals surface area (Å²) < 4.78 is 11.1. The number of methoxy groups -OCH3 is 1. The monoisotopic (exact) mass is 393 g/mol. The molecule has 0 aliphatic carbocycles. The number of amides is 1. The molecule has 6 heteroatoms. The molecule has 152 valence electrons. The highest BCUT2D eigenvalue weighted by Gasteiger charge is 2.29. The standard InChI is InChI=1S/C23H27N3O3/c1-16(22(27)24-15-17-7-9-19(28-2)10-8-17)26-13-11-18(12-14-26)23-25-20-5-3-4-6-21(20)29-23/h3-10,16,18H,11-15H2,1-2H3,(H,24,27)/t16-/m1/s1. The van der Waals surface area contributed by atoms with Gasteiger partial charge in [0.1, 0.15) is 11.3 Å². The van der Waals surface area contributed by atoms with E-state index in [-0.39, 0.29) is 11.9 Å². The number of nitrogens with zero attached hydrogens (tertiary/aromatic N) is 2. The lowest BCUT2D eigenvalue weighted by atomic mass is 9.95. The van der Waals surface area contributed by atoms with Gasteiger partial charge in [-0.05, 0) is 62.7 Å². The quantitative estimate of drug-likeness (QED) is 0.691. The molecule has 0 bridgehead atoms. The second kappa shape index (κ2) is 8.66. The number of likely N-dealkylation sites (tertiary alicyclic amines) is 1. The van der Waals surface area contributed by atoms with E-state index < -0.39 is 0 Å². The Hall–Kier alpha value is -2.86. The number of hydrogen-bond donors (Lipinski definition) is 1. The number of hydrogen-bond acceptors (Lipinski definition) is 5. The van der Waals surface area contributed by atoms with Crippen molar-refractivity contribution in [2.24, 2.45) is 0 Å². The van der Waals surface area contributed by atoms with E-state index in [9.17, 15) is 4.79 Å². The summed E-state index contributed by atoms with van der Waals surface area (Å²) in [5.41, 5.74) is 2.81. The molecule has 1 atom stereocenters. The van der Waals surface area contributed by atoms with Crippen LogP contribution in [-0.2, 0) is 11.3 Å². The van der Waals surface area contributed by atoms with E-state index in [0.29, 0.717) is 12.5 Å². The van der Waals surface area contributed by atoms with E-state index in [0.717, 1.165) is 54.2 Å². The van der Waals surface area contributed by atoms with Crippen LogP contribution in [0.4, 0.5) is 0 Å². The molecule has 2 heterocycles. The largest absolute Gasteiger partial charge is 0.497 e. The van der Waals surface area contributed by atoms with Gasteiger partial charge in [-0.1, -0.05) is 24.3 Å². The van der Waals surface area contributed by atoms with Crippen LogP contribution >= 0.6 is 0 Å². The minimum atomic E-state index is -0.155.